The van der Waals surface area contributed by atoms with Crippen LogP contribution in [0.3, 0.4) is 0 Å². The average molecular weight is 421 g/mol. The number of hydrogen-bond donors (Lipinski definition) is 5. The number of hydrogen-bond acceptors (Lipinski definition) is 9. The zero-order valence-electron chi connectivity index (χ0n) is 15.3. The second kappa shape index (κ2) is 13.1. The van der Waals surface area contributed by atoms with Gasteiger partial charge in [0.1, 0.15) is 6.29 Å². The third kappa shape index (κ3) is 12.8. The standard InChI is InChI=1S/C15H23N3O11/c19-9-10(18(7-14(26)27)8-15(28)29)3-16(4-11(20)21)1-2-17(5-12(22)23)6-13(24)25/h9-10H,1-8H2,(H,20,21)(H,22,23)(H,24,25)(H,26,27)(H,28,29). The number of rotatable bonds is 17. The van der Waals surface area contributed by atoms with Gasteiger partial charge >= 0.3 is 29.8 Å². The minimum absolute atomic E-state index is 0.162. The fraction of sp³-hybridized carbons (Fsp3) is 0.600. The first-order valence-corrected chi connectivity index (χ1v) is 8.17. The van der Waals surface area contributed by atoms with Crippen molar-refractivity contribution in [2.75, 3.05) is 52.4 Å². The van der Waals surface area contributed by atoms with E-state index in [1.54, 1.807) is 0 Å². The van der Waals surface area contributed by atoms with Gasteiger partial charge in [-0.1, -0.05) is 0 Å². The molecule has 0 saturated carbocycles. The highest BCUT2D eigenvalue weighted by Crippen LogP contribution is 2.03. The fourth-order valence-corrected chi connectivity index (χ4v) is 2.45. The van der Waals surface area contributed by atoms with E-state index in [9.17, 15) is 28.8 Å². The Balaban J connectivity index is 5.28. The lowest BCUT2D eigenvalue weighted by molar-refractivity contribution is -0.145. The van der Waals surface area contributed by atoms with Crippen molar-refractivity contribution in [2.24, 2.45) is 0 Å². The van der Waals surface area contributed by atoms with E-state index in [1.807, 2.05) is 0 Å². The highest BCUT2D eigenvalue weighted by atomic mass is 16.4. The molecule has 0 spiro atoms. The maximum Gasteiger partial charge on any atom is 0.317 e. The summed E-state index contributed by atoms with van der Waals surface area (Å²) in [5.41, 5.74) is 0. The SMILES string of the molecule is O=CC(CN(CCN(CC(=O)O)CC(=O)O)CC(=O)O)N(CC(=O)O)CC(=O)O. The Bertz CT molecular complexity index is 593. The fourth-order valence-electron chi connectivity index (χ4n) is 2.45. The Kier molecular flexibility index (Phi) is 11.7. The van der Waals surface area contributed by atoms with E-state index in [0.29, 0.717) is 0 Å². The molecular formula is C15H23N3O11. The summed E-state index contributed by atoms with van der Waals surface area (Å²) in [5.74, 6) is -6.68. The Morgan fingerprint density at radius 3 is 1.31 bits per heavy atom. The third-order valence-electron chi connectivity index (χ3n) is 3.56. The molecule has 0 saturated heterocycles. The number of carboxylic acids is 5. The number of aliphatic carboxylic acids is 5. The molecule has 1 unspecified atom stereocenters. The molecule has 0 aliphatic carbocycles. The van der Waals surface area contributed by atoms with Crippen molar-refractivity contribution in [1.82, 2.24) is 14.7 Å². The summed E-state index contributed by atoms with van der Waals surface area (Å²) in [6.45, 7) is -4.10. The van der Waals surface area contributed by atoms with Crippen LogP contribution < -0.4 is 0 Å². The van der Waals surface area contributed by atoms with Crippen molar-refractivity contribution in [1.29, 1.82) is 0 Å². The molecule has 1 atom stereocenters. The summed E-state index contributed by atoms with van der Waals surface area (Å²) in [6.07, 6.45) is 0.285. The quantitative estimate of drug-likeness (QED) is 0.147. The molecule has 0 bridgehead atoms. The van der Waals surface area contributed by atoms with E-state index >= 15 is 0 Å². The van der Waals surface area contributed by atoms with Crippen molar-refractivity contribution in [2.45, 2.75) is 6.04 Å². The monoisotopic (exact) mass is 421 g/mol. The van der Waals surface area contributed by atoms with Crippen molar-refractivity contribution < 1.29 is 54.3 Å². The summed E-state index contributed by atoms with van der Waals surface area (Å²) in [5, 5.41) is 44.4. The summed E-state index contributed by atoms with van der Waals surface area (Å²) >= 11 is 0. The number of carboxylic acid groups (broad SMARTS) is 5. The maximum absolute atomic E-state index is 11.4. The smallest absolute Gasteiger partial charge is 0.317 e. The first-order chi connectivity index (χ1) is 13.4. The molecule has 0 heterocycles. The van der Waals surface area contributed by atoms with Crippen LogP contribution in [0.4, 0.5) is 0 Å². The molecule has 0 aromatic rings. The molecule has 29 heavy (non-hydrogen) atoms. The van der Waals surface area contributed by atoms with Crippen molar-refractivity contribution >= 4 is 36.1 Å². The summed E-state index contributed by atoms with van der Waals surface area (Å²) < 4.78 is 0. The van der Waals surface area contributed by atoms with E-state index in [1.165, 1.54) is 0 Å². The van der Waals surface area contributed by atoms with Crippen LogP contribution in [0.5, 0.6) is 0 Å². The minimum Gasteiger partial charge on any atom is -0.480 e. The Morgan fingerprint density at radius 1 is 0.621 bits per heavy atom. The zero-order chi connectivity index (χ0) is 22.6. The highest BCUT2D eigenvalue weighted by Gasteiger charge is 2.26. The van der Waals surface area contributed by atoms with Gasteiger partial charge in [-0.15, -0.1) is 0 Å². The predicted molar refractivity (Wildman–Crippen MR) is 92.5 cm³/mol. The molecule has 0 amide bonds. The van der Waals surface area contributed by atoms with E-state index in [2.05, 4.69) is 0 Å². The van der Waals surface area contributed by atoms with Gasteiger partial charge in [-0.05, 0) is 0 Å². The molecule has 0 radical (unpaired) electrons. The summed E-state index contributed by atoms with van der Waals surface area (Å²) in [4.78, 5) is 69.0. The van der Waals surface area contributed by atoms with E-state index in [4.69, 9.17) is 25.5 Å². The summed E-state index contributed by atoms with van der Waals surface area (Å²) in [6, 6.07) is -1.27. The normalized spacial score (nSPS) is 12.1. The van der Waals surface area contributed by atoms with Gasteiger partial charge in [0.15, 0.2) is 0 Å². The molecule has 5 N–H and O–H groups in total. The van der Waals surface area contributed by atoms with Gasteiger partial charge in [-0.2, -0.15) is 0 Å². The maximum atomic E-state index is 11.4. The Labute approximate surface area is 164 Å². The molecule has 0 aliphatic rings. The third-order valence-corrected chi connectivity index (χ3v) is 3.56. The van der Waals surface area contributed by atoms with Crippen LogP contribution >= 0.6 is 0 Å². The number of carbonyl (C=O) groups excluding carboxylic acids is 1. The first-order valence-electron chi connectivity index (χ1n) is 8.17. The molecule has 0 rings (SSSR count). The minimum atomic E-state index is -1.39. The molecule has 164 valence electrons. The van der Waals surface area contributed by atoms with Crippen LogP contribution in [0, 0.1) is 0 Å². The molecular weight excluding hydrogens is 398 g/mol. The number of aldehydes is 1. The number of carbonyl (C=O) groups is 6. The van der Waals surface area contributed by atoms with Crippen LogP contribution in [0.1, 0.15) is 0 Å². The predicted octanol–water partition coefficient (Wildman–Crippen LogP) is -3.12. The lowest BCUT2D eigenvalue weighted by atomic mass is 10.2. The summed E-state index contributed by atoms with van der Waals surface area (Å²) in [7, 11) is 0. The second-order valence-electron chi connectivity index (χ2n) is 6.02. The molecule has 0 fully saturated rings. The van der Waals surface area contributed by atoms with Gasteiger partial charge in [-0.25, -0.2) is 0 Å². The molecule has 0 aromatic heterocycles. The first kappa shape index (κ1) is 25.9. The van der Waals surface area contributed by atoms with Crippen molar-refractivity contribution in [3.8, 4) is 0 Å². The van der Waals surface area contributed by atoms with Gasteiger partial charge < -0.3 is 30.3 Å². The van der Waals surface area contributed by atoms with Gasteiger partial charge in [0, 0.05) is 19.6 Å². The second-order valence-corrected chi connectivity index (χ2v) is 6.02. The van der Waals surface area contributed by atoms with Crippen LogP contribution in [-0.2, 0) is 28.8 Å². The van der Waals surface area contributed by atoms with Crippen molar-refractivity contribution in [3.05, 3.63) is 0 Å². The largest absolute Gasteiger partial charge is 0.480 e. The Hall–Kier alpha value is -3.10. The highest BCUT2D eigenvalue weighted by molar-refractivity contribution is 5.74. The van der Waals surface area contributed by atoms with E-state index in [-0.39, 0.29) is 25.9 Å². The topological polar surface area (TPSA) is 213 Å². The average Bonchev–Trinajstić information content (AvgIpc) is 2.54. The number of nitrogens with zero attached hydrogens (tertiary/aromatic N) is 3. The van der Waals surface area contributed by atoms with E-state index < -0.39 is 68.6 Å². The molecule has 14 nitrogen and oxygen atoms in total. The van der Waals surface area contributed by atoms with Gasteiger partial charge in [-0.3, -0.25) is 38.7 Å². The zero-order valence-corrected chi connectivity index (χ0v) is 15.3. The van der Waals surface area contributed by atoms with Crippen LogP contribution in [0.2, 0.25) is 0 Å². The van der Waals surface area contributed by atoms with Gasteiger partial charge in [0.2, 0.25) is 0 Å². The van der Waals surface area contributed by atoms with Gasteiger partial charge in [0.05, 0.1) is 38.8 Å². The van der Waals surface area contributed by atoms with E-state index in [0.717, 1.165) is 14.7 Å². The Morgan fingerprint density at radius 2 is 0.966 bits per heavy atom. The lowest BCUT2D eigenvalue weighted by Gasteiger charge is -2.31. The van der Waals surface area contributed by atoms with Gasteiger partial charge in [0.25, 0.3) is 0 Å². The molecule has 0 aliphatic heterocycles. The van der Waals surface area contributed by atoms with Crippen LogP contribution in [-0.4, -0.2) is 135 Å². The molecule has 14 heteroatoms. The van der Waals surface area contributed by atoms with Crippen molar-refractivity contribution in [3.63, 3.8) is 0 Å². The molecule has 0 aromatic carbocycles. The lowest BCUT2D eigenvalue weighted by Crippen LogP contribution is -2.51. The van der Waals surface area contributed by atoms with Crippen LogP contribution in [0.25, 0.3) is 0 Å². The van der Waals surface area contributed by atoms with Crippen LogP contribution in [0.15, 0.2) is 0 Å².